The summed E-state index contributed by atoms with van der Waals surface area (Å²) in [5.74, 6) is -0.0530. The summed E-state index contributed by atoms with van der Waals surface area (Å²) in [6, 6.07) is 14.7. The molecule has 0 atom stereocenters. The molecular weight excluding hydrogens is 370 g/mol. The number of hydrogen-bond acceptors (Lipinski definition) is 2. The maximum absolute atomic E-state index is 12.2. The number of nitrogens with one attached hydrogen (secondary N) is 2. The smallest absolute Gasteiger partial charge is 0.319 e. The van der Waals surface area contributed by atoms with E-state index < -0.39 is 0 Å². The molecule has 3 amide bonds. The first-order valence-electron chi connectivity index (χ1n) is 7.59. The average molecular weight is 390 g/mol. The van der Waals surface area contributed by atoms with E-state index in [2.05, 4.69) is 26.6 Å². The predicted octanol–water partition coefficient (Wildman–Crippen LogP) is 3.93. The number of carbonyl (C=O) groups excluding carboxylic acids is 2. The van der Waals surface area contributed by atoms with Gasteiger partial charge >= 0.3 is 6.03 Å². The van der Waals surface area contributed by atoms with Gasteiger partial charge in [0.1, 0.15) is 0 Å². The fourth-order valence-corrected chi connectivity index (χ4v) is 2.34. The highest BCUT2D eigenvalue weighted by molar-refractivity contribution is 9.10. The number of halogens is 1. The molecule has 0 saturated heterocycles. The van der Waals surface area contributed by atoms with Crippen molar-refractivity contribution < 1.29 is 9.59 Å². The molecule has 0 aliphatic heterocycles. The third-order valence-corrected chi connectivity index (χ3v) is 4.05. The molecule has 24 heavy (non-hydrogen) atoms. The van der Waals surface area contributed by atoms with Gasteiger partial charge < -0.3 is 15.5 Å². The van der Waals surface area contributed by atoms with Crippen LogP contribution in [0.5, 0.6) is 0 Å². The number of nitrogens with zero attached hydrogens (tertiary/aromatic N) is 1. The zero-order valence-corrected chi connectivity index (χ0v) is 15.3. The molecule has 2 N–H and O–H groups in total. The molecule has 2 rings (SSSR count). The molecule has 0 spiro atoms. The number of anilines is 2. The highest BCUT2D eigenvalue weighted by Crippen LogP contribution is 2.15. The van der Waals surface area contributed by atoms with Crippen molar-refractivity contribution in [3.8, 4) is 0 Å². The number of hydrogen-bond donors (Lipinski definition) is 2. The Balaban J connectivity index is 1.76. The molecule has 2 aromatic rings. The van der Waals surface area contributed by atoms with Crippen LogP contribution in [0.3, 0.4) is 0 Å². The van der Waals surface area contributed by atoms with Crippen LogP contribution in [0.1, 0.15) is 12.0 Å². The molecule has 0 fully saturated rings. The summed E-state index contributed by atoms with van der Waals surface area (Å²) in [6.45, 7) is 2.27. The summed E-state index contributed by atoms with van der Waals surface area (Å²) >= 11 is 3.34. The number of amides is 3. The molecule has 0 heterocycles. The van der Waals surface area contributed by atoms with Crippen LogP contribution in [0.4, 0.5) is 16.2 Å². The van der Waals surface area contributed by atoms with Crippen LogP contribution in [-0.2, 0) is 4.79 Å². The summed E-state index contributed by atoms with van der Waals surface area (Å²) in [4.78, 5) is 25.5. The number of aryl methyl sites for hydroxylation is 1. The molecule has 2 aromatic carbocycles. The molecule has 0 radical (unpaired) electrons. The first-order valence-corrected chi connectivity index (χ1v) is 8.38. The van der Waals surface area contributed by atoms with Crippen LogP contribution in [-0.4, -0.2) is 25.5 Å². The van der Waals surface area contributed by atoms with E-state index in [1.165, 1.54) is 0 Å². The van der Waals surface area contributed by atoms with Gasteiger partial charge in [0.2, 0.25) is 5.91 Å². The minimum Gasteiger partial charge on any atom is -0.337 e. The van der Waals surface area contributed by atoms with Crippen LogP contribution in [0.25, 0.3) is 0 Å². The molecule has 0 bridgehead atoms. The summed E-state index contributed by atoms with van der Waals surface area (Å²) in [7, 11) is 1.73. The Kier molecular flexibility index (Phi) is 6.37. The van der Waals surface area contributed by atoms with E-state index in [0.29, 0.717) is 5.69 Å². The first kappa shape index (κ1) is 18.0. The van der Waals surface area contributed by atoms with E-state index >= 15 is 0 Å². The van der Waals surface area contributed by atoms with Gasteiger partial charge in [0.25, 0.3) is 0 Å². The van der Waals surface area contributed by atoms with Gasteiger partial charge in [-0.25, -0.2) is 4.79 Å². The van der Waals surface area contributed by atoms with Crippen molar-refractivity contribution in [2.75, 3.05) is 23.8 Å². The molecule has 0 aliphatic carbocycles. The van der Waals surface area contributed by atoms with Crippen molar-refractivity contribution >= 4 is 39.2 Å². The minimum absolute atomic E-state index is 0.0530. The van der Waals surface area contributed by atoms with Crippen molar-refractivity contribution in [3.05, 3.63) is 58.6 Å². The average Bonchev–Trinajstić information content (AvgIpc) is 2.57. The first-order chi connectivity index (χ1) is 11.5. The van der Waals surface area contributed by atoms with Gasteiger partial charge in [0.15, 0.2) is 0 Å². The molecule has 0 aliphatic rings. The Morgan fingerprint density at radius 3 is 2.29 bits per heavy atom. The second-order valence-electron chi connectivity index (χ2n) is 5.43. The Labute approximate surface area is 150 Å². The lowest BCUT2D eigenvalue weighted by Gasteiger charge is -2.17. The molecule has 0 aromatic heterocycles. The maximum Gasteiger partial charge on any atom is 0.319 e. The highest BCUT2D eigenvalue weighted by Gasteiger charge is 2.11. The lowest BCUT2D eigenvalue weighted by Crippen LogP contribution is -2.34. The highest BCUT2D eigenvalue weighted by atomic mass is 79.9. The van der Waals surface area contributed by atoms with Gasteiger partial charge in [0.05, 0.1) is 0 Å². The summed E-state index contributed by atoms with van der Waals surface area (Å²) < 4.78 is 0.943. The monoisotopic (exact) mass is 389 g/mol. The van der Waals surface area contributed by atoms with E-state index in [4.69, 9.17) is 0 Å². The van der Waals surface area contributed by atoms with Gasteiger partial charge in [-0.2, -0.15) is 0 Å². The lowest BCUT2D eigenvalue weighted by molar-refractivity contribution is -0.118. The van der Waals surface area contributed by atoms with Crippen LogP contribution >= 0.6 is 15.9 Å². The number of urea groups is 1. The molecule has 6 heteroatoms. The van der Waals surface area contributed by atoms with Crippen molar-refractivity contribution in [3.63, 3.8) is 0 Å². The Bertz CT molecular complexity index is 699. The third-order valence-electron chi connectivity index (χ3n) is 3.52. The van der Waals surface area contributed by atoms with Gasteiger partial charge in [-0.1, -0.05) is 33.6 Å². The van der Waals surface area contributed by atoms with E-state index in [9.17, 15) is 9.59 Å². The Morgan fingerprint density at radius 1 is 1.04 bits per heavy atom. The largest absolute Gasteiger partial charge is 0.337 e. The lowest BCUT2D eigenvalue weighted by atomic mass is 10.2. The predicted molar refractivity (Wildman–Crippen MR) is 100 cm³/mol. The molecule has 126 valence electrons. The van der Waals surface area contributed by atoms with Crippen LogP contribution in [0.15, 0.2) is 53.0 Å². The van der Waals surface area contributed by atoms with Crippen molar-refractivity contribution in [1.82, 2.24) is 5.32 Å². The zero-order chi connectivity index (χ0) is 17.5. The second kappa shape index (κ2) is 8.49. The van der Waals surface area contributed by atoms with Gasteiger partial charge in [-0.3, -0.25) is 4.79 Å². The maximum atomic E-state index is 12.2. The quantitative estimate of drug-likeness (QED) is 0.813. The topological polar surface area (TPSA) is 61.4 Å². The van der Waals surface area contributed by atoms with Crippen LogP contribution in [0.2, 0.25) is 0 Å². The molecule has 0 unspecified atom stereocenters. The second-order valence-corrected chi connectivity index (χ2v) is 6.34. The van der Waals surface area contributed by atoms with Crippen LogP contribution < -0.4 is 15.5 Å². The standard InChI is InChI=1S/C18H20BrN3O2/c1-13-3-9-16(10-4-13)22(2)17(23)11-12-20-18(24)21-15-7-5-14(19)6-8-15/h3-10H,11-12H2,1-2H3,(H2,20,21,24). The summed E-state index contributed by atoms with van der Waals surface area (Å²) in [5, 5.41) is 5.40. The van der Waals surface area contributed by atoms with Gasteiger partial charge in [-0.05, 0) is 43.3 Å². The zero-order valence-electron chi connectivity index (χ0n) is 13.7. The van der Waals surface area contributed by atoms with Crippen molar-refractivity contribution in [1.29, 1.82) is 0 Å². The van der Waals surface area contributed by atoms with E-state index in [-0.39, 0.29) is 24.9 Å². The van der Waals surface area contributed by atoms with Crippen LogP contribution in [0, 0.1) is 6.92 Å². The fraction of sp³-hybridized carbons (Fsp3) is 0.222. The summed E-state index contributed by atoms with van der Waals surface area (Å²) in [5.41, 5.74) is 2.68. The third kappa shape index (κ3) is 5.38. The van der Waals surface area contributed by atoms with Gasteiger partial charge in [-0.15, -0.1) is 0 Å². The Hall–Kier alpha value is -2.34. The summed E-state index contributed by atoms with van der Waals surface area (Å²) in [6.07, 6.45) is 0.234. The number of carbonyl (C=O) groups is 2. The number of benzene rings is 2. The van der Waals surface area contributed by atoms with E-state index in [1.54, 1.807) is 24.1 Å². The minimum atomic E-state index is -0.330. The van der Waals surface area contributed by atoms with Crippen molar-refractivity contribution in [2.45, 2.75) is 13.3 Å². The molecule has 0 saturated carbocycles. The van der Waals surface area contributed by atoms with E-state index in [1.807, 2.05) is 43.3 Å². The van der Waals surface area contributed by atoms with Crippen molar-refractivity contribution in [2.24, 2.45) is 0 Å². The fourth-order valence-electron chi connectivity index (χ4n) is 2.07. The molecule has 5 nitrogen and oxygen atoms in total. The van der Waals surface area contributed by atoms with Gasteiger partial charge in [0, 0.05) is 35.9 Å². The number of rotatable bonds is 5. The molecular formula is C18H20BrN3O2. The SMILES string of the molecule is Cc1ccc(N(C)C(=O)CCNC(=O)Nc2ccc(Br)cc2)cc1. The Morgan fingerprint density at radius 2 is 1.67 bits per heavy atom. The normalized spacial score (nSPS) is 10.1. The van der Waals surface area contributed by atoms with E-state index in [0.717, 1.165) is 15.7 Å².